The second-order valence-corrected chi connectivity index (χ2v) is 6.32. The minimum atomic E-state index is 0.172. The Kier molecular flexibility index (Phi) is 5.18. The van der Waals surface area contributed by atoms with E-state index in [1.165, 1.54) is 11.1 Å². The number of piperidine rings is 1. The molecule has 0 spiro atoms. The van der Waals surface area contributed by atoms with Gasteiger partial charge in [0.25, 0.3) is 0 Å². The summed E-state index contributed by atoms with van der Waals surface area (Å²) in [5.74, 6) is 0.172. The van der Waals surface area contributed by atoms with Gasteiger partial charge in [0.05, 0.1) is 0 Å². The van der Waals surface area contributed by atoms with Gasteiger partial charge in [0.1, 0.15) is 0 Å². The standard InChI is InChI=1S/C17H26N2O/c1-14-3-5-15(6-4-14)7-8-16(20)19-13-17(2)9-11-18-12-10-17/h3-6,18H,7-13H2,1-2H3,(H,19,20). The molecule has 1 aliphatic heterocycles. The molecule has 0 bridgehead atoms. The third kappa shape index (κ3) is 4.64. The van der Waals surface area contributed by atoms with Crippen LogP contribution in [0.3, 0.4) is 0 Å². The van der Waals surface area contributed by atoms with E-state index >= 15 is 0 Å². The third-order valence-electron chi connectivity index (χ3n) is 4.28. The Morgan fingerprint density at radius 3 is 2.55 bits per heavy atom. The second kappa shape index (κ2) is 6.89. The smallest absolute Gasteiger partial charge is 0.220 e. The van der Waals surface area contributed by atoms with Gasteiger partial charge in [-0.25, -0.2) is 0 Å². The van der Waals surface area contributed by atoms with E-state index in [9.17, 15) is 4.79 Å². The maximum Gasteiger partial charge on any atom is 0.220 e. The molecule has 0 saturated carbocycles. The van der Waals surface area contributed by atoms with Gasteiger partial charge in [0.2, 0.25) is 5.91 Å². The predicted octanol–water partition coefficient (Wildman–Crippen LogP) is 2.43. The molecule has 1 aromatic rings. The SMILES string of the molecule is Cc1ccc(CCC(=O)NCC2(C)CCNCC2)cc1. The average Bonchev–Trinajstić information content (AvgIpc) is 2.45. The number of hydrogen-bond donors (Lipinski definition) is 2. The molecule has 2 N–H and O–H groups in total. The van der Waals surface area contributed by atoms with Gasteiger partial charge in [-0.1, -0.05) is 36.8 Å². The fraction of sp³-hybridized carbons (Fsp3) is 0.588. The first-order valence-electron chi connectivity index (χ1n) is 7.60. The van der Waals surface area contributed by atoms with Crippen molar-refractivity contribution in [2.75, 3.05) is 19.6 Å². The molecule has 110 valence electrons. The van der Waals surface area contributed by atoms with Crippen molar-refractivity contribution < 1.29 is 4.79 Å². The van der Waals surface area contributed by atoms with E-state index in [0.29, 0.717) is 6.42 Å². The topological polar surface area (TPSA) is 41.1 Å². The lowest BCUT2D eigenvalue weighted by Crippen LogP contribution is -2.42. The van der Waals surface area contributed by atoms with E-state index < -0.39 is 0 Å². The summed E-state index contributed by atoms with van der Waals surface area (Å²) in [7, 11) is 0. The summed E-state index contributed by atoms with van der Waals surface area (Å²) in [6.45, 7) is 7.29. The number of rotatable bonds is 5. The Bertz CT molecular complexity index is 433. The summed E-state index contributed by atoms with van der Waals surface area (Å²) in [6, 6.07) is 8.42. The van der Waals surface area contributed by atoms with E-state index in [-0.39, 0.29) is 11.3 Å². The minimum Gasteiger partial charge on any atom is -0.356 e. The van der Waals surface area contributed by atoms with Crippen molar-refractivity contribution >= 4 is 5.91 Å². The zero-order valence-corrected chi connectivity index (χ0v) is 12.7. The van der Waals surface area contributed by atoms with E-state index in [0.717, 1.165) is 38.9 Å². The normalized spacial score (nSPS) is 17.7. The summed E-state index contributed by atoms with van der Waals surface area (Å²) in [5.41, 5.74) is 2.76. The van der Waals surface area contributed by atoms with Gasteiger partial charge in [0.15, 0.2) is 0 Å². The van der Waals surface area contributed by atoms with Crippen LogP contribution in [-0.2, 0) is 11.2 Å². The highest BCUT2D eigenvalue weighted by molar-refractivity contribution is 5.76. The summed E-state index contributed by atoms with van der Waals surface area (Å²) < 4.78 is 0. The first kappa shape index (κ1) is 15.0. The Morgan fingerprint density at radius 2 is 1.90 bits per heavy atom. The molecule has 1 aromatic carbocycles. The minimum absolute atomic E-state index is 0.172. The molecule has 1 amide bonds. The van der Waals surface area contributed by atoms with Crippen LogP contribution in [0.2, 0.25) is 0 Å². The van der Waals surface area contributed by atoms with E-state index in [1.807, 2.05) is 0 Å². The molecule has 3 nitrogen and oxygen atoms in total. The number of benzene rings is 1. The fourth-order valence-corrected chi connectivity index (χ4v) is 2.62. The number of hydrogen-bond acceptors (Lipinski definition) is 2. The van der Waals surface area contributed by atoms with Crippen molar-refractivity contribution in [1.29, 1.82) is 0 Å². The van der Waals surface area contributed by atoms with Gasteiger partial charge in [-0.05, 0) is 50.3 Å². The maximum atomic E-state index is 11.9. The van der Waals surface area contributed by atoms with E-state index in [4.69, 9.17) is 0 Å². The summed E-state index contributed by atoms with van der Waals surface area (Å²) >= 11 is 0. The number of carbonyl (C=O) groups excluding carboxylic acids is 1. The van der Waals surface area contributed by atoms with Gasteiger partial charge >= 0.3 is 0 Å². The van der Waals surface area contributed by atoms with Crippen molar-refractivity contribution in [3.05, 3.63) is 35.4 Å². The molecule has 1 saturated heterocycles. The Hall–Kier alpha value is -1.35. The van der Waals surface area contributed by atoms with Crippen molar-refractivity contribution in [3.63, 3.8) is 0 Å². The van der Waals surface area contributed by atoms with Gasteiger partial charge in [0, 0.05) is 13.0 Å². The monoisotopic (exact) mass is 274 g/mol. The second-order valence-electron chi connectivity index (χ2n) is 6.32. The summed E-state index contributed by atoms with van der Waals surface area (Å²) in [6.07, 6.45) is 3.69. The van der Waals surface area contributed by atoms with Crippen LogP contribution in [0.1, 0.15) is 37.3 Å². The van der Waals surface area contributed by atoms with Crippen LogP contribution in [0, 0.1) is 12.3 Å². The van der Waals surface area contributed by atoms with Crippen molar-refractivity contribution in [2.24, 2.45) is 5.41 Å². The highest BCUT2D eigenvalue weighted by Crippen LogP contribution is 2.26. The van der Waals surface area contributed by atoms with Gasteiger partial charge < -0.3 is 10.6 Å². The molecule has 1 fully saturated rings. The van der Waals surface area contributed by atoms with Crippen LogP contribution in [0.5, 0.6) is 0 Å². The molecule has 1 aliphatic rings. The molecular formula is C17H26N2O. The zero-order chi connectivity index (χ0) is 14.4. The quantitative estimate of drug-likeness (QED) is 0.866. The van der Waals surface area contributed by atoms with Gasteiger partial charge in [-0.2, -0.15) is 0 Å². The Balaban J connectivity index is 1.71. The molecule has 0 atom stereocenters. The molecule has 1 heterocycles. The number of aryl methyl sites for hydroxylation is 2. The Morgan fingerprint density at radius 1 is 1.25 bits per heavy atom. The van der Waals surface area contributed by atoms with Crippen LogP contribution in [0.25, 0.3) is 0 Å². The first-order chi connectivity index (χ1) is 9.57. The third-order valence-corrected chi connectivity index (χ3v) is 4.28. The molecule has 0 aliphatic carbocycles. The lowest BCUT2D eigenvalue weighted by Gasteiger charge is -2.34. The van der Waals surface area contributed by atoms with Crippen molar-refractivity contribution in [2.45, 2.75) is 39.5 Å². The molecular weight excluding hydrogens is 248 g/mol. The van der Waals surface area contributed by atoms with Crippen LogP contribution in [0.15, 0.2) is 24.3 Å². The van der Waals surface area contributed by atoms with Gasteiger partial charge in [-0.3, -0.25) is 4.79 Å². The van der Waals surface area contributed by atoms with Gasteiger partial charge in [-0.15, -0.1) is 0 Å². The summed E-state index contributed by atoms with van der Waals surface area (Å²) in [4.78, 5) is 11.9. The lowest BCUT2D eigenvalue weighted by molar-refractivity contribution is -0.121. The molecule has 20 heavy (non-hydrogen) atoms. The zero-order valence-electron chi connectivity index (χ0n) is 12.7. The highest BCUT2D eigenvalue weighted by atomic mass is 16.1. The highest BCUT2D eigenvalue weighted by Gasteiger charge is 2.26. The molecule has 0 unspecified atom stereocenters. The van der Waals surface area contributed by atoms with Crippen LogP contribution in [0.4, 0.5) is 0 Å². The summed E-state index contributed by atoms with van der Waals surface area (Å²) in [5, 5.41) is 6.47. The van der Waals surface area contributed by atoms with Crippen LogP contribution in [-0.4, -0.2) is 25.5 Å². The fourth-order valence-electron chi connectivity index (χ4n) is 2.62. The van der Waals surface area contributed by atoms with Crippen molar-refractivity contribution in [1.82, 2.24) is 10.6 Å². The predicted molar refractivity (Wildman–Crippen MR) is 82.7 cm³/mol. The van der Waals surface area contributed by atoms with E-state index in [2.05, 4.69) is 48.7 Å². The van der Waals surface area contributed by atoms with Crippen molar-refractivity contribution in [3.8, 4) is 0 Å². The van der Waals surface area contributed by atoms with Crippen LogP contribution < -0.4 is 10.6 Å². The largest absolute Gasteiger partial charge is 0.356 e. The molecule has 2 rings (SSSR count). The molecule has 3 heteroatoms. The number of nitrogens with one attached hydrogen (secondary N) is 2. The first-order valence-corrected chi connectivity index (χ1v) is 7.60. The average molecular weight is 274 g/mol. The number of carbonyl (C=O) groups is 1. The number of amides is 1. The van der Waals surface area contributed by atoms with E-state index in [1.54, 1.807) is 0 Å². The lowest BCUT2D eigenvalue weighted by atomic mass is 9.81. The molecule has 0 radical (unpaired) electrons. The molecule has 0 aromatic heterocycles. The maximum absolute atomic E-state index is 11.9. The Labute approximate surface area is 122 Å². The van der Waals surface area contributed by atoms with Crippen LogP contribution >= 0.6 is 0 Å².